The van der Waals surface area contributed by atoms with Crippen molar-refractivity contribution in [3.8, 4) is 5.75 Å². The van der Waals surface area contributed by atoms with Gasteiger partial charge in [-0.15, -0.1) is 0 Å². The lowest BCUT2D eigenvalue weighted by atomic mass is 10.0. The first-order valence-electron chi connectivity index (χ1n) is 6.39. The topological polar surface area (TPSA) is 47.3 Å². The number of benzene rings is 1. The highest BCUT2D eigenvalue weighted by Crippen LogP contribution is 2.20. The van der Waals surface area contributed by atoms with E-state index in [1.165, 1.54) is 0 Å². The normalized spacial score (nSPS) is 12.4. The Hall–Kier alpha value is -1.81. The van der Waals surface area contributed by atoms with Crippen molar-refractivity contribution in [1.82, 2.24) is 9.78 Å². The first-order chi connectivity index (χ1) is 9.10. The van der Waals surface area contributed by atoms with Crippen LogP contribution in [-0.4, -0.2) is 28.1 Å². The van der Waals surface area contributed by atoms with Gasteiger partial charge in [0.2, 0.25) is 0 Å². The molecule has 1 heterocycles. The molecule has 0 aliphatic carbocycles. The van der Waals surface area contributed by atoms with Crippen LogP contribution < -0.4 is 4.74 Å². The molecule has 0 radical (unpaired) electrons. The Balaban J connectivity index is 2.05. The molecule has 1 aromatic carbocycles. The summed E-state index contributed by atoms with van der Waals surface area (Å²) < 4.78 is 7.12. The SMILES string of the molecule is COc1ccccc1CC(O)Cc1cc(C)nn1C. The average molecular weight is 260 g/mol. The molecule has 1 N–H and O–H groups in total. The zero-order chi connectivity index (χ0) is 13.8. The van der Waals surface area contributed by atoms with Gasteiger partial charge in [-0.3, -0.25) is 4.68 Å². The molecule has 0 fully saturated rings. The molecule has 4 nitrogen and oxygen atoms in total. The van der Waals surface area contributed by atoms with E-state index in [0.717, 1.165) is 22.7 Å². The third-order valence-corrected chi connectivity index (χ3v) is 3.19. The van der Waals surface area contributed by atoms with E-state index < -0.39 is 6.10 Å². The fraction of sp³-hybridized carbons (Fsp3) is 0.400. The van der Waals surface area contributed by atoms with E-state index in [0.29, 0.717) is 12.8 Å². The van der Waals surface area contributed by atoms with Gasteiger partial charge in [-0.2, -0.15) is 5.10 Å². The molecule has 1 unspecified atom stereocenters. The lowest BCUT2D eigenvalue weighted by molar-refractivity contribution is 0.171. The van der Waals surface area contributed by atoms with E-state index in [-0.39, 0.29) is 0 Å². The van der Waals surface area contributed by atoms with Crippen molar-refractivity contribution in [2.24, 2.45) is 7.05 Å². The van der Waals surface area contributed by atoms with Gasteiger partial charge < -0.3 is 9.84 Å². The summed E-state index contributed by atoms with van der Waals surface area (Å²) in [5.41, 5.74) is 3.04. The van der Waals surface area contributed by atoms with Crippen molar-refractivity contribution < 1.29 is 9.84 Å². The Labute approximate surface area is 113 Å². The summed E-state index contributed by atoms with van der Waals surface area (Å²) in [5, 5.41) is 14.5. The number of ether oxygens (including phenoxy) is 1. The van der Waals surface area contributed by atoms with E-state index in [1.807, 2.05) is 49.0 Å². The summed E-state index contributed by atoms with van der Waals surface area (Å²) in [4.78, 5) is 0. The predicted octanol–water partition coefficient (Wildman–Crippen LogP) is 1.88. The summed E-state index contributed by atoms with van der Waals surface area (Å²) in [6, 6.07) is 9.79. The highest BCUT2D eigenvalue weighted by Gasteiger charge is 2.12. The second kappa shape index (κ2) is 5.89. The van der Waals surface area contributed by atoms with Crippen LogP contribution in [0.3, 0.4) is 0 Å². The molecule has 4 heteroatoms. The van der Waals surface area contributed by atoms with Gasteiger partial charge in [0.1, 0.15) is 5.75 Å². The Morgan fingerprint density at radius 2 is 2.05 bits per heavy atom. The van der Waals surface area contributed by atoms with E-state index in [4.69, 9.17) is 4.74 Å². The summed E-state index contributed by atoms with van der Waals surface area (Å²) in [5.74, 6) is 0.822. The molecular formula is C15H20N2O2. The number of hydrogen-bond donors (Lipinski definition) is 1. The number of aliphatic hydroxyl groups excluding tert-OH is 1. The lowest BCUT2D eigenvalue weighted by Crippen LogP contribution is -2.16. The molecule has 1 atom stereocenters. The first kappa shape index (κ1) is 13.6. The van der Waals surface area contributed by atoms with Gasteiger partial charge in [0.25, 0.3) is 0 Å². The monoisotopic (exact) mass is 260 g/mol. The van der Waals surface area contributed by atoms with E-state index >= 15 is 0 Å². The number of aromatic nitrogens is 2. The van der Waals surface area contributed by atoms with E-state index in [2.05, 4.69) is 5.10 Å². The van der Waals surface area contributed by atoms with Crippen molar-refractivity contribution in [2.75, 3.05) is 7.11 Å². The minimum Gasteiger partial charge on any atom is -0.496 e. The number of hydrogen-bond acceptors (Lipinski definition) is 3. The summed E-state index contributed by atoms with van der Waals surface area (Å²) in [6.45, 7) is 1.95. The Kier molecular flexibility index (Phi) is 4.22. The van der Waals surface area contributed by atoms with Gasteiger partial charge in [-0.1, -0.05) is 18.2 Å². The van der Waals surface area contributed by atoms with Crippen LogP contribution in [0.1, 0.15) is 17.0 Å². The molecule has 2 rings (SSSR count). The van der Waals surface area contributed by atoms with Crippen LogP contribution in [0, 0.1) is 6.92 Å². The molecule has 0 bridgehead atoms. The van der Waals surface area contributed by atoms with Crippen LogP contribution in [0.15, 0.2) is 30.3 Å². The quantitative estimate of drug-likeness (QED) is 0.893. The number of rotatable bonds is 5. The minimum absolute atomic E-state index is 0.439. The fourth-order valence-corrected chi connectivity index (χ4v) is 2.29. The van der Waals surface area contributed by atoms with Crippen molar-refractivity contribution in [3.63, 3.8) is 0 Å². The van der Waals surface area contributed by atoms with Crippen molar-refractivity contribution >= 4 is 0 Å². The maximum absolute atomic E-state index is 10.2. The fourth-order valence-electron chi connectivity index (χ4n) is 2.29. The van der Waals surface area contributed by atoms with Crippen molar-refractivity contribution in [3.05, 3.63) is 47.3 Å². The molecule has 102 valence electrons. The van der Waals surface area contributed by atoms with Gasteiger partial charge in [0.15, 0.2) is 0 Å². The zero-order valence-electron chi connectivity index (χ0n) is 11.6. The molecule has 0 saturated carbocycles. The molecule has 0 saturated heterocycles. The van der Waals surface area contributed by atoms with Crippen LogP contribution in [0.4, 0.5) is 0 Å². The number of aliphatic hydroxyl groups is 1. The number of aryl methyl sites for hydroxylation is 2. The second-order valence-electron chi connectivity index (χ2n) is 4.77. The predicted molar refractivity (Wildman–Crippen MR) is 74.4 cm³/mol. The smallest absolute Gasteiger partial charge is 0.122 e. The summed E-state index contributed by atoms with van der Waals surface area (Å²) in [7, 11) is 3.55. The maximum atomic E-state index is 10.2. The molecule has 2 aromatic rings. The molecule has 0 amide bonds. The van der Waals surface area contributed by atoms with E-state index in [9.17, 15) is 5.11 Å². The maximum Gasteiger partial charge on any atom is 0.122 e. The Morgan fingerprint density at radius 1 is 1.32 bits per heavy atom. The van der Waals surface area contributed by atoms with Gasteiger partial charge in [0, 0.05) is 25.6 Å². The molecule has 19 heavy (non-hydrogen) atoms. The number of nitrogens with zero attached hydrogens (tertiary/aromatic N) is 2. The van der Waals surface area contributed by atoms with Gasteiger partial charge in [-0.25, -0.2) is 0 Å². The van der Waals surface area contributed by atoms with Gasteiger partial charge in [-0.05, 0) is 24.6 Å². The number of methoxy groups -OCH3 is 1. The lowest BCUT2D eigenvalue weighted by Gasteiger charge is -2.13. The van der Waals surface area contributed by atoms with Crippen molar-refractivity contribution in [2.45, 2.75) is 25.9 Å². The van der Waals surface area contributed by atoms with Crippen LogP contribution in [0.2, 0.25) is 0 Å². The van der Waals surface area contributed by atoms with Crippen LogP contribution >= 0.6 is 0 Å². The molecule has 0 spiro atoms. The molecule has 0 aliphatic heterocycles. The molecule has 0 aliphatic rings. The minimum atomic E-state index is -0.439. The third-order valence-electron chi connectivity index (χ3n) is 3.19. The Bertz CT molecular complexity index is 549. The summed E-state index contributed by atoms with van der Waals surface area (Å²) in [6.07, 6.45) is 0.731. The summed E-state index contributed by atoms with van der Waals surface area (Å²) >= 11 is 0. The molecule has 1 aromatic heterocycles. The van der Waals surface area contributed by atoms with E-state index in [1.54, 1.807) is 7.11 Å². The standard InChI is InChI=1S/C15H20N2O2/c1-11-8-13(17(2)16-11)10-14(18)9-12-6-4-5-7-15(12)19-3/h4-8,14,18H,9-10H2,1-3H3. The second-order valence-corrected chi connectivity index (χ2v) is 4.77. The van der Waals surface area contributed by atoms with Gasteiger partial charge in [0.05, 0.1) is 18.9 Å². The highest BCUT2D eigenvalue weighted by molar-refractivity contribution is 5.33. The Morgan fingerprint density at radius 3 is 2.68 bits per heavy atom. The third kappa shape index (κ3) is 3.35. The van der Waals surface area contributed by atoms with Crippen LogP contribution in [0.25, 0.3) is 0 Å². The van der Waals surface area contributed by atoms with Gasteiger partial charge >= 0.3 is 0 Å². The largest absolute Gasteiger partial charge is 0.496 e. The first-order valence-corrected chi connectivity index (χ1v) is 6.39. The average Bonchev–Trinajstić information content (AvgIpc) is 2.68. The van der Waals surface area contributed by atoms with Crippen LogP contribution in [0.5, 0.6) is 5.75 Å². The number of para-hydroxylation sites is 1. The highest BCUT2D eigenvalue weighted by atomic mass is 16.5. The molecular weight excluding hydrogens is 240 g/mol. The van der Waals surface area contributed by atoms with Crippen LogP contribution in [-0.2, 0) is 19.9 Å². The zero-order valence-corrected chi connectivity index (χ0v) is 11.6. The van der Waals surface area contributed by atoms with Crippen molar-refractivity contribution in [1.29, 1.82) is 0 Å².